The first-order valence-corrected chi connectivity index (χ1v) is 11.2. The average Bonchev–Trinajstić information content (AvgIpc) is 3.13. The van der Waals surface area contributed by atoms with E-state index in [1.165, 1.54) is 11.1 Å². The van der Waals surface area contributed by atoms with Crippen LogP contribution in [0.1, 0.15) is 46.3 Å². The monoisotopic (exact) mass is 446 g/mol. The number of nitrogens with two attached hydrogens (primary N) is 1. The molecule has 2 atom stereocenters. The maximum absolute atomic E-state index is 12.3. The number of amides is 1. The number of benzene rings is 3. The number of aryl methyl sites for hydroxylation is 2. The molecule has 2 unspecified atom stereocenters. The van der Waals surface area contributed by atoms with Crippen LogP contribution in [0.4, 0.5) is 10.5 Å². The van der Waals surface area contributed by atoms with E-state index in [1.807, 2.05) is 44.2 Å². The largest absolute Gasteiger partial charge is 0.449 e. The molecule has 6 nitrogen and oxygen atoms in total. The van der Waals surface area contributed by atoms with Gasteiger partial charge in [-0.25, -0.2) is 4.79 Å². The van der Waals surface area contributed by atoms with Gasteiger partial charge in [0.15, 0.2) is 0 Å². The van der Waals surface area contributed by atoms with Gasteiger partial charge < -0.3 is 26.0 Å². The molecular weight excluding hydrogens is 416 g/mol. The van der Waals surface area contributed by atoms with Crippen molar-refractivity contribution in [1.82, 2.24) is 5.32 Å². The molecule has 172 valence electrons. The first-order valence-electron chi connectivity index (χ1n) is 11.2. The summed E-state index contributed by atoms with van der Waals surface area (Å²) < 4.78 is 5.50. The maximum atomic E-state index is 12.3. The van der Waals surface area contributed by atoms with E-state index >= 15 is 0 Å². The van der Waals surface area contributed by atoms with Gasteiger partial charge in [0, 0.05) is 23.7 Å². The summed E-state index contributed by atoms with van der Waals surface area (Å²) in [4.78, 5) is 12.3. The zero-order valence-corrected chi connectivity index (χ0v) is 18.9. The lowest BCUT2D eigenvalue weighted by Crippen LogP contribution is -2.31. The van der Waals surface area contributed by atoms with Crippen molar-refractivity contribution in [2.24, 2.45) is 0 Å². The van der Waals surface area contributed by atoms with Crippen molar-refractivity contribution >= 4 is 11.8 Å². The molecule has 33 heavy (non-hydrogen) atoms. The van der Waals surface area contributed by atoms with Crippen molar-refractivity contribution in [2.45, 2.75) is 38.4 Å². The Hall–Kier alpha value is -3.35. The highest BCUT2D eigenvalue weighted by atomic mass is 16.5. The summed E-state index contributed by atoms with van der Waals surface area (Å²) in [5.74, 6) is -0.0110. The molecule has 5 N–H and O–H groups in total. The van der Waals surface area contributed by atoms with Gasteiger partial charge in [0.2, 0.25) is 0 Å². The standard InChI is InChI=1S/C27H30N2O4/c1-16-13-17(2)25(28)22(14-16)26(31)24(30)11-12-29-27(32)33-15-23-20-9-5-3-7-18(20)19-8-4-6-10-21(19)23/h3-10,13-14,23-24,26,30-31H,11-12,15,28H2,1-2H3,(H,29,32). The highest BCUT2D eigenvalue weighted by Crippen LogP contribution is 2.44. The van der Waals surface area contributed by atoms with E-state index in [4.69, 9.17) is 10.5 Å². The lowest BCUT2D eigenvalue weighted by molar-refractivity contribution is 0.0140. The Labute approximate surface area is 194 Å². The molecule has 0 aliphatic heterocycles. The highest BCUT2D eigenvalue weighted by Gasteiger charge is 2.29. The number of carbonyl (C=O) groups is 1. The number of fused-ring (bicyclic) bond motifs is 3. The summed E-state index contributed by atoms with van der Waals surface area (Å²) in [7, 11) is 0. The van der Waals surface area contributed by atoms with Crippen molar-refractivity contribution in [3.63, 3.8) is 0 Å². The van der Waals surface area contributed by atoms with Gasteiger partial charge in [-0.1, -0.05) is 66.2 Å². The zero-order chi connectivity index (χ0) is 23.5. The minimum atomic E-state index is -1.13. The Morgan fingerprint density at radius 3 is 2.27 bits per heavy atom. The van der Waals surface area contributed by atoms with Crippen molar-refractivity contribution < 1.29 is 19.7 Å². The second-order valence-electron chi connectivity index (χ2n) is 8.64. The summed E-state index contributed by atoms with van der Waals surface area (Å²) in [6.07, 6.45) is -2.59. The Bertz CT molecular complexity index is 1120. The molecule has 1 aliphatic carbocycles. The third-order valence-electron chi connectivity index (χ3n) is 6.30. The Balaban J connectivity index is 1.30. The molecule has 0 spiro atoms. The number of carbonyl (C=O) groups excluding carboxylic acids is 1. The van der Waals surface area contributed by atoms with Crippen molar-refractivity contribution in [2.75, 3.05) is 18.9 Å². The number of ether oxygens (including phenoxy) is 1. The van der Waals surface area contributed by atoms with Crippen LogP contribution in [0.2, 0.25) is 0 Å². The van der Waals surface area contributed by atoms with Gasteiger partial charge in [0.25, 0.3) is 0 Å². The van der Waals surface area contributed by atoms with Crippen LogP contribution in [-0.4, -0.2) is 35.6 Å². The van der Waals surface area contributed by atoms with Crippen molar-refractivity contribution in [3.05, 3.63) is 88.5 Å². The molecule has 0 saturated carbocycles. The summed E-state index contributed by atoms with van der Waals surface area (Å²) >= 11 is 0. The zero-order valence-electron chi connectivity index (χ0n) is 18.9. The fourth-order valence-electron chi connectivity index (χ4n) is 4.59. The molecule has 3 aromatic carbocycles. The SMILES string of the molecule is Cc1cc(C)c(N)c(C(O)C(O)CCNC(=O)OCC2c3ccccc3-c3ccccc32)c1. The van der Waals surface area contributed by atoms with Gasteiger partial charge in [-0.15, -0.1) is 0 Å². The van der Waals surface area contributed by atoms with Crippen LogP contribution in [0.25, 0.3) is 11.1 Å². The molecule has 1 aliphatic rings. The summed E-state index contributed by atoms with van der Waals surface area (Å²) in [6.45, 7) is 4.17. The molecule has 1 amide bonds. The highest BCUT2D eigenvalue weighted by molar-refractivity contribution is 5.79. The van der Waals surface area contributed by atoms with Gasteiger partial charge in [0.1, 0.15) is 12.7 Å². The fraction of sp³-hybridized carbons (Fsp3) is 0.296. The Morgan fingerprint density at radius 2 is 1.64 bits per heavy atom. The first-order chi connectivity index (χ1) is 15.9. The number of nitrogens with one attached hydrogen (secondary N) is 1. The second-order valence-corrected chi connectivity index (χ2v) is 8.64. The molecule has 0 saturated heterocycles. The van der Waals surface area contributed by atoms with E-state index in [1.54, 1.807) is 6.07 Å². The smallest absolute Gasteiger partial charge is 0.407 e. The van der Waals surface area contributed by atoms with Gasteiger partial charge >= 0.3 is 6.09 Å². The number of aliphatic hydroxyl groups is 2. The van der Waals surface area contributed by atoms with Gasteiger partial charge in [0.05, 0.1) is 6.10 Å². The minimum Gasteiger partial charge on any atom is -0.449 e. The van der Waals surface area contributed by atoms with E-state index in [0.29, 0.717) is 11.3 Å². The minimum absolute atomic E-state index is 0.0110. The maximum Gasteiger partial charge on any atom is 0.407 e. The molecule has 4 rings (SSSR count). The number of hydrogen-bond donors (Lipinski definition) is 4. The normalized spacial score (nSPS) is 14.3. The lowest BCUT2D eigenvalue weighted by atomic mass is 9.96. The van der Waals surface area contributed by atoms with Gasteiger partial charge in [-0.05, 0) is 48.1 Å². The van der Waals surface area contributed by atoms with Crippen LogP contribution < -0.4 is 11.1 Å². The third-order valence-corrected chi connectivity index (χ3v) is 6.30. The van der Waals surface area contributed by atoms with Crippen LogP contribution in [0.15, 0.2) is 60.7 Å². The van der Waals surface area contributed by atoms with E-state index in [0.717, 1.165) is 22.3 Å². The molecule has 0 radical (unpaired) electrons. The van der Waals surface area contributed by atoms with Crippen molar-refractivity contribution in [1.29, 1.82) is 0 Å². The number of hydrogen-bond acceptors (Lipinski definition) is 5. The molecule has 0 fully saturated rings. The topological polar surface area (TPSA) is 105 Å². The number of anilines is 1. The molecule has 0 bridgehead atoms. The quantitative estimate of drug-likeness (QED) is 0.407. The van der Waals surface area contributed by atoms with E-state index in [9.17, 15) is 15.0 Å². The average molecular weight is 447 g/mol. The van der Waals surface area contributed by atoms with E-state index in [-0.39, 0.29) is 25.5 Å². The predicted octanol–water partition coefficient (Wildman–Crippen LogP) is 4.21. The molecule has 3 aromatic rings. The van der Waals surface area contributed by atoms with Gasteiger partial charge in [-0.2, -0.15) is 0 Å². The summed E-state index contributed by atoms with van der Waals surface area (Å²) in [5, 5.41) is 23.6. The lowest BCUT2D eigenvalue weighted by Gasteiger charge is -2.21. The van der Waals surface area contributed by atoms with Crippen LogP contribution in [0.3, 0.4) is 0 Å². The number of nitrogen functional groups attached to an aromatic ring is 1. The first kappa shape index (κ1) is 22.8. The fourth-order valence-corrected chi connectivity index (χ4v) is 4.59. The molecule has 6 heteroatoms. The van der Waals surface area contributed by atoms with Crippen LogP contribution in [0, 0.1) is 13.8 Å². The summed E-state index contributed by atoms with van der Waals surface area (Å²) in [6, 6.07) is 20.0. The third kappa shape index (κ3) is 4.72. The number of alkyl carbamates (subject to hydrolysis) is 1. The van der Waals surface area contributed by atoms with E-state index in [2.05, 4.69) is 29.6 Å². The van der Waals surface area contributed by atoms with E-state index < -0.39 is 18.3 Å². The van der Waals surface area contributed by atoms with Gasteiger partial charge in [-0.3, -0.25) is 0 Å². The molecule has 0 heterocycles. The molecule has 0 aromatic heterocycles. The van der Waals surface area contributed by atoms with Crippen LogP contribution in [-0.2, 0) is 4.74 Å². The number of aliphatic hydroxyl groups excluding tert-OH is 2. The van der Waals surface area contributed by atoms with Crippen LogP contribution in [0.5, 0.6) is 0 Å². The predicted molar refractivity (Wildman–Crippen MR) is 129 cm³/mol. The summed E-state index contributed by atoms with van der Waals surface area (Å²) in [5.41, 5.74) is 13.5. The Morgan fingerprint density at radius 1 is 1.03 bits per heavy atom. The number of rotatable bonds is 7. The Kier molecular flexibility index (Phi) is 6.67. The molecular formula is C27H30N2O4. The van der Waals surface area contributed by atoms with Crippen molar-refractivity contribution in [3.8, 4) is 11.1 Å². The van der Waals surface area contributed by atoms with Crippen LogP contribution >= 0.6 is 0 Å². The second kappa shape index (κ2) is 9.65.